The van der Waals surface area contributed by atoms with Crippen LogP contribution in [0.25, 0.3) is 0 Å². The van der Waals surface area contributed by atoms with Gasteiger partial charge in [-0.05, 0) is 68.6 Å². The Bertz CT molecular complexity index is 306. The van der Waals surface area contributed by atoms with E-state index in [0.717, 1.165) is 23.7 Å². The van der Waals surface area contributed by atoms with E-state index in [1.165, 1.54) is 51.4 Å². The standard InChI is InChI=1S/C19H32/c1-3-5-7-9-16-17(10-8-6-4-2)19-15-12-11-14(13-15)18(16)19/h14-15,18-19H,3-13H2,1-2H3. The molecule has 0 aromatic rings. The van der Waals surface area contributed by atoms with Crippen molar-refractivity contribution >= 4 is 0 Å². The number of hydrogen-bond donors (Lipinski definition) is 0. The average Bonchev–Trinajstić information content (AvgIpc) is 2.97. The van der Waals surface area contributed by atoms with Crippen LogP contribution in [0.5, 0.6) is 0 Å². The first-order chi connectivity index (χ1) is 9.36. The summed E-state index contributed by atoms with van der Waals surface area (Å²) in [6, 6.07) is 0. The summed E-state index contributed by atoms with van der Waals surface area (Å²) in [6.07, 6.45) is 16.2. The zero-order chi connectivity index (χ0) is 13.2. The zero-order valence-electron chi connectivity index (χ0n) is 13.1. The van der Waals surface area contributed by atoms with Gasteiger partial charge in [0, 0.05) is 0 Å². The highest BCUT2D eigenvalue weighted by Crippen LogP contribution is 2.65. The Balaban J connectivity index is 1.65. The van der Waals surface area contributed by atoms with Crippen LogP contribution in [0.3, 0.4) is 0 Å². The van der Waals surface area contributed by atoms with Crippen molar-refractivity contribution in [1.29, 1.82) is 0 Å². The van der Waals surface area contributed by atoms with Gasteiger partial charge in [0.15, 0.2) is 0 Å². The molecule has 108 valence electrons. The first-order valence-corrected chi connectivity index (χ1v) is 9.08. The van der Waals surface area contributed by atoms with Gasteiger partial charge in [0.1, 0.15) is 0 Å². The SMILES string of the molecule is CCCCCC1=C(CCCCC)C2C3CCC(C3)C12. The maximum absolute atomic E-state index is 2.33. The monoisotopic (exact) mass is 260 g/mol. The molecule has 3 aliphatic carbocycles. The van der Waals surface area contributed by atoms with Crippen molar-refractivity contribution in [2.75, 3.05) is 0 Å². The molecule has 2 saturated carbocycles. The summed E-state index contributed by atoms with van der Waals surface area (Å²) < 4.78 is 0. The fourth-order valence-electron chi connectivity index (χ4n) is 5.41. The van der Waals surface area contributed by atoms with Gasteiger partial charge in [0.25, 0.3) is 0 Å². The van der Waals surface area contributed by atoms with Crippen molar-refractivity contribution in [2.24, 2.45) is 23.7 Å². The molecule has 0 nitrogen and oxygen atoms in total. The molecule has 0 heterocycles. The molecule has 0 amide bonds. The Morgan fingerprint density at radius 3 is 1.63 bits per heavy atom. The van der Waals surface area contributed by atoms with Gasteiger partial charge in [-0.3, -0.25) is 0 Å². The van der Waals surface area contributed by atoms with Crippen LogP contribution in [-0.2, 0) is 0 Å². The maximum Gasteiger partial charge on any atom is -0.0104 e. The Morgan fingerprint density at radius 2 is 1.21 bits per heavy atom. The highest BCUT2D eigenvalue weighted by atomic mass is 14.6. The Hall–Kier alpha value is -0.260. The van der Waals surface area contributed by atoms with Crippen molar-refractivity contribution in [2.45, 2.75) is 84.5 Å². The normalized spacial score (nSPS) is 35.7. The van der Waals surface area contributed by atoms with E-state index in [1.54, 1.807) is 19.3 Å². The van der Waals surface area contributed by atoms with Gasteiger partial charge in [0.2, 0.25) is 0 Å². The first kappa shape index (κ1) is 13.7. The van der Waals surface area contributed by atoms with Crippen LogP contribution in [0.2, 0.25) is 0 Å². The molecular weight excluding hydrogens is 228 g/mol. The fourth-order valence-corrected chi connectivity index (χ4v) is 5.41. The third-order valence-electron chi connectivity index (χ3n) is 6.23. The molecule has 0 N–H and O–H groups in total. The molecule has 3 aliphatic rings. The van der Waals surface area contributed by atoms with Crippen LogP contribution in [0.1, 0.15) is 84.5 Å². The van der Waals surface area contributed by atoms with Crippen molar-refractivity contribution < 1.29 is 0 Å². The lowest BCUT2D eigenvalue weighted by atomic mass is 9.59. The third-order valence-corrected chi connectivity index (χ3v) is 6.23. The highest BCUT2D eigenvalue weighted by Gasteiger charge is 2.55. The predicted octanol–water partition coefficient (Wildman–Crippen LogP) is 6.12. The molecule has 19 heavy (non-hydrogen) atoms. The molecule has 0 radical (unpaired) electrons. The molecule has 0 spiro atoms. The maximum atomic E-state index is 2.33. The summed E-state index contributed by atoms with van der Waals surface area (Å²) in [6.45, 7) is 4.66. The van der Waals surface area contributed by atoms with Crippen LogP contribution < -0.4 is 0 Å². The smallest absolute Gasteiger partial charge is 0.0104 e. The van der Waals surface area contributed by atoms with E-state index in [0.29, 0.717) is 0 Å². The molecule has 4 atom stereocenters. The Labute approximate surface area is 120 Å². The summed E-state index contributed by atoms with van der Waals surface area (Å²) in [7, 11) is 0. The fraction of sp³-hybridized carbons (Fsp3) is 0.895. The lowest BCUT2D eigenvalue weighted by Crippen LogP contribution is -2.36. The summed E-state index contributed by atoms with van der Waals surface area (Å²) in [5, 5.41) is 0. The van der Waals surface area contributed by atoms with E-state index >= 15 is 0 Å². The predicted molar refractivity (Wildman–Crippen MR) is 83.1 cm³/mol. The minimum Gasteiger partial charge on any atom is -0.0667 e. The Morgan fingerprint density at radius 1 is 0.737 bits per heavy atom. The lowest BCUT2D eigenvalue weighted by Gasteiger charge is -2.46. The van der Waals surface area contributed by atoms with Gasteiger partial charge in [-0.1, -0.05) is 50.7 Å². The number of unbranched alkanes of at least 4 members (excludes halogenated alkanes) is 4. The molecule has 2 bridgehead atoms. The van der Waals surface area contributed by atoms with Crippen LogP contribution in [0.4, 0.5) is 0 Å². The van der Waals surface area contributed by atoms with Crippen LogP contribution >= 0.6 is 0 Å². The van der Waals surface area contributed by atoms with Gasteiger partial charge < -0.3 is 0 Å². The number of hydrogen-bond acceptors (Lipinski definition) is 0. The van der Waals surface area contributed by atoms with Crippen molar-refractivity contribution in [3.05, 3.63) is 11.1 Å². The lowest BCUT2D eigenvalue weighted by molar-refractivity contribution is 0.228. The highest BCUT2D eigenvalue weighted by molar-refractivity contribution is 5.38. The second-order valence-electron chi connectivity index (χ2n) is 7.35. The number of allylic oxidation sites excluding steroid dienone is 2. The van der Waals surface area contributed by atoms with Crippen LogP contribution in [0, 0.1) is 23.7 Å². The average molecular weight is 260 g/mol. The molecule has 0 heteroatoms. The number of rotatable bonds is 8. The van der Waals surface area contributed by atoms with E-state index in [1.807, 2.05) is 11.1 Å². The minimum absolute atomic E-state index is 1.08. The van der Waals surface area contributed by atoms with E-state index in [-0.39, 0.29) is 0 Å². The largest absolute Gasteiger partial charge is 0.0667 e. The quantitative estimate of drug-likeness (QED) is 0.364. The van der Waals surface area contributed by atoms with Gasteiger partial charge in [-0.2, -0.15) is 0 Å². The van der Waals surface area contributed by atoms with Gasteiger partial charge in [-0.15, -0.1) is 0 Å². The topological polar surface area (TPSA) is 0 Å². The molecule has 4 unspecified atom stereocenters. The van der Waals surface area contributed by atoms with Crippen molar-refractivity contribution in [3.8, 4) is 0 Å². The summed E-state index contributed by atoms with van der Waals surface area (Å²) in [5.41, 5.74) is 3.95. The molecule has 0 aliphatic heterocycles. The molecular formula is C19H32. The zero-order valence-corrected chi connectivity index (χ0v) is 13.1. The summed E-state index contributed by atoms with van der Waals surface area (Å²) in [5.74, 6) is 4.38. The van der Waals surface area contributed by atoms with E-state index in [9.17, 15) is 0 Å². The first-order valence-electron chi connectivity index (χ1n) is 9.08. The van der Waals surface area contributed by atoms with Crippen molar-refractivity contribution in [3.63, 3.8) is 0 Å². The molecule has 0 saturated heterocycles. The number of fused-ring (bicyclic) bond motifs is 5. The second kappa shape index (κ2) is 6.02. The van der Waals surface area contributed by atoms with Crippen molar-refractivity contribution in [1.82, 2.24) is 0 Å². The van der Waals surface area contributed by atoms with E-state index in [2.05, 4.69) is 13.8 Å². The van der Waals surface area contributed by atoms with E-state index < -0.39 is 0 Å². The van der Waals surface area contributed by atoms with E-state index in [4.69, 9.17) is 0 Å². The molecule has 0 aromatic heterocycles. The van der Waals surface area contributed by atoms with Gasteiger partial charge in [0.05, 0.1) is 0 Å². The second-order valence-corrected chi connectivity index (χ2v) is 7.35. The Kier molecular flexibility index (Phi) is 4.34. The molecule has 2 fully saturated rings. The van der Waals surface area contributed by atoms with Crippen LogP contribution in [0.15, 0.2) is 11.1 Å². The minimum atomic E-state index is 1.08. The third kappa shape index (κ3) is 2.41. The van der Waals surface area contributed by atoms with Gasteiger partial charge >= 0.3 is 0 Å². The molecule has 0 aromatic carbocycles. The van der Waals surface area contributed by atoms with Gasteiger partial charge in [-0.25, -0.2) is 0 Å². The summed E-state index contributed by atoms with van der Waals surface area (Å²) >= 11 is 0. The van der Waals surface area contributed by atoms with Crippen LogP contribution in [-0.4, -0.2) is 0 Å². The summed E-state index contributed by atoms with van der Waals surface area (Å²) in [4.78, 5) is 0. The molecule has 3 rings (SSSR count).